The number of nitrogens with zero attached hydrogens (tertiary/aromatic N) is 2. The maximum Gasteiger partial charge on any atom is 0.279 e. The fourth-order valence-electron chi connectivity index (χ4n) is 2.60. The highest BCUT2D eigenvalue weighted by molar-refractivity contribution is 7.13. The summed E-state index contributed by atoms with van der Waals surface area (Å²) in [5, 5.41) is 13.7. The van der Waals surface area contributed by atoms with Crippen molar-refractivity contribution >= 4 is 34.5 Å². The quantitative estimate of drug-likeness (QED) is 0.619. The third-order valence-electron chi connectivity index (χ3n) is 3.74. The molecule has 1 aromatic carbocycles. The van der Waals surface area contributed by atoms with E-state index in [0.29, 0.717) is 29.9 Å². The van der Waals surface area contributed by atoms with Gasteiger partial charge in [-0.1, -0.05) is 24.6 Å². The SMILES string of the molecule is CCC[NH+](CC(=O)Nc1ccc(Cl)cc1)Cc1nnc(-c2cccs2)o1. The lowest BCUT2D eigenvalue weighted by molar-refractivity contribution is -0.907. The van der Waals surface area contributed by atoms with E-state index in [1.54, 1.807) is 35.6 Å². The molecule has 0 saturated heterocycles. The molecule has 0 saturated carbocycles. The molecule has 1 unspecified atom stereocenters. The van der Waals surface area contributed by atoms with Gasteiger partial charge in [0, 0.05) is 10.7 Å². The lowest BCUT2D eigenvalue weighted by Crippen LogP contribution is -3.11. The standard InChI is InChI=1S/C18H19ClN4O2S/c1-2-9-23(11-16(24)20-14-7-5-13(19)6-8-14)12-17-21-22-18(25-17)15-4-3-10-26-15/h3-8,10H,2,9,11-12H2,1H3,(H,20,24)/p+1. The van der Waals surface area contributed by atoms with Gasteiger partial charge in [0.25, 0.3) is 17.7 Å². The summed E-state index contributed by atoms with van der Waals surface area (Å²) in [6, 6.07) is 10.9. The summed E-state index contributed by atoms with van der Waals surface area (Å²) in [5.41, 5.74) is 0.730. The first-order valence-corrected chi connectivity index (χ1v) is 9.65. The Balaban J connectivity index is 1.59. The molecule has 0 spiro atoms. The molecule has 1 atom stereocenters. The van der Waals surface area contributed by atoms with Crippen molar-refractivity contribution in [3.05, 3.63) is 52.7 Å². The second kappa shape index (κ2) is 8.93. The van der Waals surface area contributed by atoms with E-state index in [4.69, 9.17) is 16.0 Å². The van der Waals surface area contributed by atoms with Crippen molar-refractivity contribution in [2.24, 2.45) is 0 Å². The minimum Gasteiger partial charge on any atom is -0.414 e. The molecule has 0 radical (unpaired) electrons. The Morgan fingerprint density at radius 1 is 1.27 bits per heavy atom. The number of anilines is 1. The van der Waals surface area contributed by atoms with Crippen LogP contribution in [0.1, 0.15) is 19.2 Å². The Kier molecular flexibility index (Phi) is 6.38. The van der Waals surface area contributed by atoms with Crippen molar-refractivity contribution in [3.63, 3.8) is 0 Å². The maximum absolute atomic E-state index is 12.3. The number of hydrogen-bond donors (Lipinski definition) is 2. The fourth-order valence-corrected chi connectivity index (χ4v) is 3.37. The number of benzene rings is 1. The molecule has 2 aromatic heterocycles. The number of carbonyl (C=O) groups is 1. The summed E-state index contributed by atoms with van der Waals surface area (Å²) < 4.78 is 5.74. The molecule has 2 N–H and O–H groups in total. The lowest BCUT2D eigenvalue weighted by Gasteiger charge is -2.16. The summed E-state index contributed by atoms with van der Waals surface area (Å²) in [6.45, 7) is 3.76. The van der Waals surface area contributed by atoms with Crippen LogP contribution in [-0.4, -0.2) is 29.2 Å². The normalized spacial score (nSPS) is 12.1. The molecule has 3 rings (SSSR count). The molecule has 6 nitrogen and oxygen atoms in total. The van der Waals surface area contributed by atoms with Gasteiger partial charge in [-0.05, 0) is 42.1 Å². The van der Waals surface area contributed by atoms with E-state index in [-0.39, 0.29) is 5.91 Å². The van der Waals surface area contributed by atoms with Crippen LogP contribution in [0.5, 0.6) is 0 Å². The molecule has 0 aliphatic heterocycles. The van der Waals surface area contributed by atoms with Crippen molar-refractivity contribution in [2.75, 3.05) is 18.4 Å². The van der Waals surface area contributed by atoms with Gasteiger partial charge < -0.3 is 14.6 Å². The predicted octanol–water partition coefficient (Wildman–Crippen LogP) is 2.89. The minimum absolute atomic E-state index is 0.0613. The maximum atomic E-state index is 12.3. The zero-order valence-electron chi connectivity index (χ0n) is 14.4. The smallest absolute Gasteiger partial charge is 0.279 e. The van der Waals surface area contributed by atoms with Gasteiger partial charge in [-0.15, -0.1) is 21.5 Å². The number of thiophene rings is 1. The van der Waals surface area contributed by atoms with Crippen LogP contribution in [0, 0.1) is 0 Å². The Morgan fingerprint density at radius 3 is 2.77 bits per heavy atom. The average Bonchev–Trinajstić information content (AvgIpc) is 3.28. The van der Waals surface area contributed by atoms with Gasteiger partial charge in [0.1, 0.15) is 0 Å². The Hall–Kier alpha value is -2.22. The topological polar surface area (TPSA) is 72.5 Å². The summed E-state index contributed by atoms with van der Waals surface area (Å²) in [7, 11) is 0. The molecule has 136 valence electrons. The highest BCUT2D eigenvalue weighted by Crippen LogP contribution is 2.22. The first kappa shape index (κ1) is 18.6. The van der Waals surface area contributed by atoms with Crippen molar-refractivity contribution in [1.29, 1.82) is 0 Å². The second-order valence-electron chi connectivity index (χ2n) is 5.89. The molecule has 0 bridgehead atoms. The Bertz CT molecular complexity index is 833. The predicted molar refractivity (Wildman–Crippen MR) is 102 cm³/mol. The Labute approximate surface area is 160 Å². The molecule has 2 heterocycles. The van der Waals surface area contributed by atoms with Gasteiger partial charge in [-0.3, -0.25) is 4.79 Å². The van der Waals surface area contributed by atoms with E-state index in [2.05, 4.69) is 22.4 Å². The van der Waals surface area contributed by atoms with Crippen LogP contribution in [0.25, 0.3) is 10.8 Å². The minimum atomic E-state index is -0.0613. The van der Waals surface area contributed by atoms with Gasteiger partial charge in [0.15, 0.2) is 13.1 Å². The Morgan fingerprint density at radius 2 is 2.08 bits per heavy atom. The number of quaternary nitrogens is 1. The van der Waals surface area contributed by atoms with Crippen LogP contribution in [0.3, 0.4) is 0 Å². The molecule has 1 amide bonds. The van der Waals surface area contributed by atoms with Crippen LogP contribution in [-0.2, 0) is 11.3 Å². The largest absolute Gasteiger partial charge is 0.414 e. The fraction of sp³-hybridized carbons (Fsp3) is 0.278. The molecule has 0 fully saturated rings. The van der Waals surface area contributed by atoms with Crippen molar-refractivity contribution in [3.8, 4) is 10.8 Å². The third kappa shape index (κ3) is 5.14. The first-order valence-electron chi connectivity index (χ1n) is 8.39. The highest BCUT2D eigenvalue weighted by atomic mass is 35.5. The lowest BCUT2D eigenvalue weighted by atomic mass is 10.3. The van der Waals surface area contributed by atoms with E-state index in [9.17, 15) is 4.79 Å². The number of hydrogen-bond acceptors (Lipinski definition) is 5. The average molecular weight is 392 g/mol. The van der Waals surface area contributed by atoms with Gasteiger partial charge in [-0.25, -0.2) is 0 Å². The summed E-state index contributed by atoms with van der Waals surface area (Å²) in [4.78, 5) is 14.4. The third-order valence-corrected chi connectivity index (χ3v) is 4.85. The molecule has 26 heavy (non-hydrogen) atoms. The number of aromatic nitrogens is 2. The van der Waals surface area contributed by atoms with Crippen LogP contribution < -0.4 is 10.2 Å². The van der Waals surface area contributed by atoms with Crippen molar-refractivity contribution < 1.29 is 14.1 Å². The van der Waals surface area contributed by atoms with Crippen LogP contribution >= 0.6 is 22.9 Å². The summed E-state index contributed by atoms with van der Waals surface area (Å²) in [6.07, 6.45) is 0.954. The van der Waals surface area contributed by atoms with Crippen molar-refractivity contribution in [1.82, 2.24) is 10.2 Å². The number of nitrogens with one attached hydrogen (secondary N) is 2. The van der Waals surface area contributed by atoms with Crippen LogP contribution in [0.2, 0.25) is 5.02 Å². The zero-order valence-corrected chi connectivity index (χ0v) is 15.9. The van der Waals surface area contributed by atoms with Gasteiger partial charge in [0.05, 0.1) is 11.4 Å². The number of halogens is 1. The van der Waals surface area contributed by atoms with E-state index in [1.165, 1.54) is 0 Å². The summed E-state index contributed by atoms with van der Waals surface area (Å²) in [5.74, 6) is 1.00. The number of carbonyl (C=O) groups excluding carboxylic acids is 1. The molecule has 3 aromatic rings. The molecule has 0 aliphatic rings. The van der Waals surface area contributed by atoms with E-state index in [1.807, 2.05) is 17.5 Å². The number of amides is 1. The highest BCUT2D eigenvalue weighted by Gasteiger charge is 2.19. The molecular weight excluding hydrogens is 372 g/mol. The van der Waals surface area contributed by atoms with Crippen molar-refractivity contribution in [2.45, 2.75) is 19.9 Å². The van der Waals surface area contributed by atoms with Crippen LogP contribution in [0.4, 0.5) is 5.69 Å². The monoisotopic (exact) mass is 391 g/mol. The van der Waals surface area contributed by atoms with Gasteiger partial charge >= 0.3 is 0 Å². The van der Waals surface area contributed by atoms with Gasteiger partial charge in [0.2, 0.25) is 0 Å². The molecular formula is C18H20ClN4O2S+. The molecule has 8 heteroatoms. The zero-order chi connectivity index (χ0) is 18.4. The van der Waals surface area contributed by atoms with E-state index < -0.39 is 0 Å². The van der Waals surface area contributed by atoms with Gasteiger partial charge in [-0.2, -0.15) is 0 Å². The van der Waals surface area contributed by atoms with E-state index >= 15 is 0 Å². The van der Waals surface area contributed by atoms with E-state index in [0.717, 1.165) is 28.4 Å². The molecule has 0 aliphatic carbocycles. The van der Waals surface area contributed by atoms with Crippen LogP contribution in [0.15, 0.2) is 46.2 Å². The summed E-state index contributed by atoms with van der Waals surface area (Å²) >= 11 is 7.42. The first-order chi connectivity index (χ1) is 12.6. The second-order valence-corrected chi connectivity index (χ2v) is 7.27. The number of rotatable bonds is 8.